The smallest absolute Gasteiger partial charge is 0.228 e. The van der Waals surface area contributed by atoms with Gasteiger partial charge < -0.3 is 15.5 Å². The third kappa shape index (κ3) is 3.62. The van der Waals surface area contributed by atoms with Gasteiger partial charge >= 0.3 is 0 Å². The van der Waals surface area contributed by atoms with Crippen LogP contribution in [-0.2, 0) is 4.79 Å². The van der Waals surface area contributed by atoms with Crippen molar-refractivity contribution >= 4 is 5.91 Å². The molecule has 0 saturated carbocycles. The molecular formula is C18H25N3O2. The summed E-state index contributed by atoms with van der Waals surface area (Å²) in [7, 11) is 0. The number of aromatic nitrogens is 1. The van der Waals surface area contributed by atoms with Gasteiger partial charge in [0.2, 0.25) is 11.8 Å². The summed E-state index contributed by atoms with van der Waals surface area (Å²) in [5.41, 5.74) is 6.26. The minimum atomic E-state index is -0.525. The molecule has 5 heteroatoms. The molecule has 2 rings (SSSR count). The molecule has 1 unspecified atom stereocenters. The van der Waals surface area contributed by atoms with Crippen LogP contribution in [0.5, 0.6) is 0 Å². The Kier molecular flexibility index (Phi) is 5.55. The molecule has 1 aromatic heterocycles. The Morgan fingerprint density at radius 3 is 2.52 bits per heavy atom. The Morgan fingerprint density at radius 2 is 1.96 bits per heavy atom. The van der Waals surface area contributed by atoms with Crippen LogP contribution >= 0.6 is 0 Å². The van der Waals surface area contributed by atoms with E-state index in [1.54, 1.807) is 6.20 Å². The molecule has 1 aromatic carbocycles. The van der Waals surface area contributed by atoms with Crippen molar-refractivity contribution in [3.8, 4) is 11.3 Å². The van der Waals surface area contributed by atoms with Crippen LogP contribution in [-0.4, -0.2) is 17.4 Å². The monoisotopic (exact) mass is 315 g/mol. The maximum absolute atomic E-state index is 12.6. The van der Waals surface area contributed by atoms with Gasteiger partial charge in [-0.05, 0) is 19.8 Å². The van der Waals surface area contributed by atoms with Crippen molar-refractivity contribution in [3.05, 3.63) is 42.4 Å². The normalized spacial score (nSPS) is 12.9. The average Bonchev–Trinajstić information content (AvgIpc) is 3.08. The molecule has 0 spiro atoms. The van der Waals surface area contributed by atoms with Crippen molar-refractivity contribution < 1.29 is 9.21 Å². The number of nitrogens with one attached hydrogen (secondary N) is 1. The summed E-state index contributed by atoms with van der Waals surface area (Å²) in [5.74, 6) is 1.14. The Labute approximate surface area is 137 Å². The molecular weight excluding hydrogens is 290 g/mol. The lowest BCUT2D eigenvalue weighted by atomic mass is 9.81. The first kappa shape index (κ1) is 17.2. The fourth-order valence-electron chi connectivity index (χ4n) is 2.59. The summed E-state index contributed by atoms with van der Waals surface area (Å²) in [5, 5.41) is 2.98. The van der Waals surface area contributed by atoms with Crippen LogP contribution in [0, 0.1) is 5.41 Å². The minimum Gasteiger partial charge on any atom is -0.438 e. The van der Waals surface area contributed by atoms with Crippen LogP contribution in [0.3, 0.4) is 0 Å². The number of hydrogen-bond donors (Lipinski definition) is 2. The minimum absolute atomic E-state index is 0.0445. The molecule has 0 aliphatic carbocycles. The van der Waals surface area contributed by atoms with E-state index in [9.17, 15) is 4.79 Å². The number of nitrogens with two attached hydrogens (primary N) is 1. The Hall–Kier alpha value is -2.14. The third-order valence-electron chi connectivity index (χ3n) is 4.53. The highest BCUT2D eigenvalue weighted by Crippen LogP contribution is 2.27. The number of nitrogens with zero attached hydrogens (tertiary/aromatic N) is 1. The van der Waals surface area contributed by atoms with Crippen molar-refractivity contribution in [2.24, 2.45) is 11.1 Å². The number of amides is 1. The van der Waals surface area contributed by atoms with Crippen LogP contribution in [0.15, 0.2) is 40.9 Å². The molecule has 0 saturated heterocycles. The fraction of sp³-hybridized carbons (Fsp3) is 0.444. The SMILES string of the molecule is CCC(CC)(CN)C(=O)NC(C)c1ncc(-c2ccccc2)o1. The second-order valence-corrected chi connectivity index (χ2v) is 5.82. The molecule has 1 heterocycles. The third-order valence-corrected chi connectivity index (χ3v) is 4.53. The van der Waals surface area contributed by atoms with Gasteiger partial charge in [0, 0.05) is 12.1 Å². The first-order valence-electron chi connectivity index (χ1n) is 8.08. The molecule has 1 amide bonds. The summed E-state index contributed by atoms with van der Waals surface area (Å²) < 4.78 is 5.79. The molecule has 23 heavy (non-hydrogen) atoms. The zero-order valence-corrected chi connectivity index (χ0v) is 14.0. The number of carbonyl (C=O) groups excluding carboxylic acids is 1. The van der Waals surface area contributed by atoms with E-state index in [2.05, 4.69) is 10.3 Å². The maximum atomic E-state index is 12.6. The lowest BCUT2D eigenvalue weighted by Crippen LogP contribution is -2.46. The Bertz CT molecular complexity index is 624. The van der Waals surface area contributed by atoms with Crippen molar-refractivity contribution in [3.63, 3.8) is 0 Å². The molecule has 1 atom stereocenters. The Balaban J connectivity index is 2.11. The van der Waals surface area contributed by atoms with Crippen LogP contribution in [0.4, 0.5) is 0 Å². The van der Waals surface area contributed by atoms with E-state index < -0.39 is 5.41 Å². The number of oxazole rings is 1. The molecule has 124 valence electrons. The molecule has 0 bridgehead atoms. The number of hydrogen-bond acceptors (Lipinski definition) is 4. The van der Waals surface area contributed by atoms with Crippen molar-refractivity contribution in [2.45, 2.75) is 39.7 Å². The largest absolute Gasteiger partial charge is 0.438 e. The van der Waals surface area contributed by atoms with Crippen molar-refractivity contribution in [1.29, 1.82) is 0 Å². The van der Waals surface area contributed by atoms with E-state index in [4.69, 9.17) is 10.2 Å². The molecule has 0 radical (unpaired) electrons. The molecule has 0 aliphatic heterocycles. The van der Waals surface area contributed by atoms with Gasteiger partial charge in [-0.25, -0.2) is 4.98 Å². The highest BCUT2D eigenvalue weighted by atomic mass is 16.4. The Morgan fingerprint density at radius 1 is 1.30 bits per heavy atom. The van der Waals surface area contributed by atoms with E-state index in [1.165, 1.54) is 0 Å². The molecule has 0 fully saturated rings. The topological polar surface area (TPSA) is 81.2 Å². The predicted octanol–water partition coefficient (Wildman–Crippen LogP) is 3.28. The zero-order valence-electron chi connectivity index (χ0n) is 14.0. The van der Waals surface area contributed by atoms with Gasteiger partial charge in [0.15, 0.2) is 5.76 Å². The van der Waals surface area contributed by atoms with E-state index in [1.807, 2.05) is 51.1 Å². The van der Waals surface area contributed by atoms with Gasteiger partial charge in [0.25, 0.3) is 0 Å². The second kappa shape index (κ2) is 7.42. The molecule has 3 N–H and O–H groups in total. The van der Waals surface area contributed by atoms with E-state index in [0.29, 0.717) is 31.0 Å². The quantitative estimate of drug-likeness (QED) is 0.821. The average molecular weight is 315 g/mol. The lowest BCUT2D eigenvalue weighted by molar-refractivity contribution is -0.131. The first-order chi connectivity index (χ1) is 11.1. The van der Waals surface area contributed by atoms with E-state index in [-0.39, 0.29) is 11.9 Å². The van der Waals surface area contributed by atoms with Gasteiger partial charge in [-0.3, -0.25) is 4.79 Å². The van der Waals surface area contributed by atoms with Crippen molar-refractivity contribution in [1.82, 2.24) is 10.3 Å². The lowest BCUT2D eigenvalue weighted by Gasteiger charge is -2.29. The van der Waals surface area contributed by atoms with Gasteiger partial charge in [-0.1, -0.05) is 44.2 Å². The number of carbonyl (C=O) groups is 1. The van der Waals surface area contributed by atoms with Crippen molar-refractivity contribution in [2.75, 3.05) is 6.54 Å². The van der Waals surface area contributed by atoms with Crippen LogP contribution in [0.25, 0.3) is 11.3 Å². The van der Waals surface area contributed by atoms with E-state index in [0.717, 1.165) is 5.56 Å². The van der Waals surface area contributed by atoms with Gasteiger partial charge in [-0.2, -0.15) is 0 Å². The summed E-state index contributed by atoms with van der Waals surface area (Å²) in [6.07, 6.45) is 3.10. The standard InChI is InChI=1S/C18H25N3O2/c1-4-18(5-2,12-19)17(22)21-13(3)16-20-11-15(23-16)14-9-7-6-8-10-14/h6-11,13H,4-5,12,19H2,1-3H3,(H,21,22). The summed E-state index contributed by atoms with van der Waals surface area (Å²) in [4.78, 5) is 16.9. The highest BCUT2D eigenvalue weighted by Gasteiger charge is 2.34. The van der Waals surface area contributed by atoms with E-state index >= 15 is 0 Å². The molecule has 0 aliphatic rings. The van der Waals surface area contributed by atoms with Crippen LogP contribution in [0.1, 0.15) is 45.5 Å². The van der Waals surface area contributed by atoms with Crippen LogP contribution in [0.2, 0.25) is 0 Å². The zero-order chi connectivity index (χ0) is 16.9. The van der Waals surface area contributed by atoms with Crippen LogP contribution < -0.4 is 11.1 Å². The summed E-state index contributed by atoms with van der Waals surface area (Å²) in [6, 6.07) is 9.46. The fourth-order valence-corrected chi connectivity index (χ4v) is 2.59. The summed E-state index contributed by atoms with van der Waals surface area (Å²) >= 11 is 0. The maximum Gasteiger partial charge on any atom is 0.228 e. The molecule has 2 aromatic rings. The molecule has 5 nitrogen and oxygen atoms in total. The number of rotatable bonds is 7. The van der Waals surface area contributed by atoms with Gasteiger partial charge in [-0.15, -0.1) is 0 Å². The predicted molar refractivity (Wildman–Crippen MR) is 90.6 cm³/mol. The van der Waals surface area contributed by atoms with Gasteiger partial charge in [0.1, 0.15) is 6.04 Å². The second-order valence-electron chi connectivity index (χ2n) is 5.82. The number of benzene rings is 1. The first-order valence-corrected chi connectivity index (χ1v) is 8.08. The summed E-state index contributed by atoms with van der Waals surface area (Å²) in [6.45, 7) is 6.17. The van der Waals surface area contributed by atoms with Gasteiger partial charge in [0.05, 0.1) is 11.6 Å². The highest BCUT2D eigenvalue weighted by molar-refractivity contribution is 5.83.